The van der Waals surface area contributed by atoms with Crippen LogP contribution in [0.2, 0.25) is 5.02 Å². The molecule has 1 aliphatic carbocycles. The average Bonchev–Trinajstić information content (AvgIpc) is 2.99. The van der Waals surface area contributed by atoms with Gasteiger partial charge in [0.05, 0.1) is 10.6 Å². The van der Waals surface area contributed by atoms with Crippen LogP contribution in [-0.4, -0.2) is 43.8 Å². The summed E-state index contributed by atoms with van der Waals surface area (Å²) in [5, 5.41) is 3.74. The molecule has 3 aromatic rings. The van der Waals surface area contributed by atoms with Crippen molar-refractivity contribution in [2.24, 2.45) is 0 Å². The number of halogens is 1. The molecule has 0 aliphatic heterocycles. The summed E-state index contributed by atoms with van der Waals surface area (Å²) in [6, 6.07) is 18.5. The van der Waals surface area contributed by atoms with Crippen molar-refractivity contribution in [2.75, 3.05) is 10.8 Å². The van der Waals surface area contributed by atoms with Crippen LogP contribution in [0.3, 0.4) is 0 Å². The van der Waals surface area contributed by atoms with Crippen molar-refractivity contribution in [2.45, 2.75) is 89.7 Å². The SMILES string of the molecule is CCC(C(=O)NC1CCCCC1)N(Cc1ccc(Cl)cc1)C(=O)CN(c1cccc(C)c1C)S(=O)(=O)c1ccc(C)cc1. The number of carbonyl (C=O) groups excluding carboxylic acids is 2. The molecule has 0 spiro atoms. The molecule has 1 saturated carbocycles. The number of aryl methyl sites for hydroxylation is 2. The Labute approximate surface area is 261 Å². The second-order valence-corrected chi connectivity index (χ2v) is 13.8. The van der Waals surface area contributed by atoms with Gasteiger partial charge in [-0.1, -0.05) is 79.7 Å². The van der Waals surface area contributed by atoms with Gasteiger partial charge in [0.25, 0.3) is 10.0 Å². The van der Waals surface area contributed by atoms with E-state index in [0.717, 1.165) is 54.4 Å². The van der Waals surface area contributed by atoms with Crippen LogP contribution >= 0.6 is 11.6 Å². The Morgan fingerprint density at radius 3 is 2.21 bits per heavy atom. The standard InChI is InChI=1S/C34H42ClN3O4S/c1-5-31(34(40)36-29-11-7-6-8-12-29)37(22-27-16-18-28(35)19-17-27)33(39)23-38(32-13-9-10-25(3)26(32)4)43(41,42)30-20-14-24(2)15-21-30/h9-10,13-21,29,31H,5-8,11-12,22-23H2,1-4H3,(H,36,40). The molecule has 4 rings (SSSR count). The topological polar surface area (TPSA) is 86.8 Å². The fourth-order valence-electron chi connectivity index (χ4n) is 5.61. The number of hydrogen-bond acceptors (Lipinski definition) is 4. The number of benzene rings is 3. The number of carbonyl (C=O) groups is 2. The van der Waals surface area contributed by atoms with Gasteiger partial charge in [-0.25, -0.2) is 8.42 Å². The van der Waals surface area contributed by atoms with Crippen LogP contribution in [0.1, 0.15) is 67.7 Å². The Morgan fingerprint density at radius 2 is 1.58 bits per heavy atom. The lowest BCUT2D eigenvalue weighted by Gasteiger charge is -2.35. The van der Waals surface area contributed by atoms with Crippen LogP contribution in [0.15, 0.2) is 71.6 Å². The Balaban J connectivity index is 1.73. The normalized spacial score (nSPS) is 14.6. The fourth-order valence-corrected chi connectivity index (χ4v) is 7.20. The summed E-state index contributed by atoms with van der Waals surface area (Å²) < 4.78 is 29.5. The zero-order valence-electron chi connectivity index (χ0n) is 25.5. The first-order valence-corrected chi connectivity index (χ1v) is 16.8. The number of sulfonamides is 1. The lowest BCUT2D eigenvalue weighted by molar-refractivity contribution is -0.140. The molecule has 1 fully saturated rings. The molecule has 1 atom stereocenters. The van der Waals surface area contributed by atoms with Gasteiger partial charge in [-0.05, 0) is 87.1 Å². The molecule has 0 heterocycles. The van der Waals surface area contributed by atoms with E-state index >= 15 is 0 Å². The van der Waals surface area contributed by atoms with Gasteiger partial charge in [0.15, 0.2) is 0 Å². The molecule has 0 radical (unpaired) electrons. The number of hydrogen-bond donors (Lipinski definition) is 1. The maximum absolute atomic E-state index is 14.3. The van der Waals surface area contributed by atoms with Crippen LogP contribution in [0.4, 0.5) is 5.69 Å². The first kappa shape index (κ1) is 32.6. The van der Waals surface area contributed by atoms with Crippen LogP contribution in [0, 0.1) is 20.8 Å². The predicted molar refractivity (Wildman–Crippen MR) is 173 cm³/mol. The molecule has 43 heavy (non-hydrogen) atoms. The first-order chi connectivity index (χ1) is 20.5. The molecule has 2 amide bonds. The summed E-state index contributed by atoms with van der Waals surface area (Å²) in [7, 11) is -4.12. The van der Waals surface area contributed by atoms with Crippen LogP contribution in [0.5, 0.6) is 0 Å². The van der Waals surface area contributed by atoms with E-state index < -0.39 is 28.5 Å². The summed E-state index contributed by atoms with van der Waals surface area (Å²) in [6.45, 7) is 7.20. The zero-order chi connectivity index (χ0) is 31.1. The third-order valence-corrected chi connectivity index (χ3v) is 10.4. The lowest BCUT2D eigenvalue weighted by atomic mass is 9.95. The molecule has 0 saturated heterocycles. The minimum Gasteiger partial charge on any atom is -0.352 e. The monoisotopic (exact) mass is 623 g/mol. The molecule has 7 nitrogen and oxygen atoms in total. The molecular formula is C34H42ClN3O4S. The molecule has 230 valence electrons. The molecule has 1 N–H and O–H groups in total. The van der Waals surface area contributed by atoms with Crippen LogP contribution in [0.25, 0.3) is 0 Å². The lowest BCUT2D eigenvalue weighted by Crippen LogP contribution is -2.54. The molecule has 1 unspecified atom stereocenters. The maximum Gasteiger partial charge on any atom is 0.264 e. The van der Waals surface area contributed by atoms with Crippen molar-refractivity contribution in [3.63, 3.8) is 0 Å². The number of anilines is 1. The van der Waals surface area contributed by atoms with Gasteiger partial charge in [0, 0.05) is 17.6 Å². The van der Waals surface area contributed by atoms with Gasteiger partial charge < -0.3 is 10.2 Å². The van der Waals surface area contributed by atoms with E-state index in [9.17, 15) is 18.0 Å². The summed E-state index contributed by atoms with van der Waals surface area (Å²) in [6.07, 6.45) is 5.51. The third kappa shape index (κ3) is 7.98. The Morgan fingerprint density at radius 1 is 0.930 bits per heavy atom. The fraction of sp³-hybridized carbons (Fsp3) is 0.412. The second-order valence-electron chi connectivity index (χ2n) is 11.5. The minimum absolute atomic E-state index is 0.0798. The smallest absolute Gasteiger partial charge is 0.264 e. The largest absolute Gasteiger partial charge is 0.352 e. The van der Waals surface area contributed by atoms with E-state index in [-0.39, 0.29) is 23.4 Å². The molecule has 3 aromatic carbocycles. The average molecular weight is 624 g/mol. The Hall–Kier alpha value is -3.36. The van der Waals surface area contributed by atoms with Crippen molar-refractivity contribution in [3.8, 4) is 0 Å². The molecular weight excluding hydrogens is 582 g/mol. The van der Waals surface area contributed by atoms with E-state index in [2.05, 4.69) is 5.32 Å². The summed E-state index contributed by atoms with van der Waals surface area (Å²) in [4.78, 5) is 29.6. The number of rotatable bonds is 11. The molecule has 1 aliphatic rings. The predicted octanol–water partition coefficient (Wildman–Crippen LogP) is 6.72. The first-order valence-electron chi connectivity index (χ1n) is 15.0. The van der Waals surface area contributed by atoms with E-state index in [1.165, 1.54) is 9.21 Å². The Bertz CT molecular complexity index is 1520. The van der Waals surface area contributed by atoms with Crippen molar-refractivity contribution < 1.29 is 18.0 Å². The molecule has 0 bridgehead atoms. The Kier molecular flexibility index (Phi) is 10.9. The second kappa shape index (κ2) is 14.4. The molecule has 9 heteroatoms. The van der Waals surface area contributed by atoms with Gasteiger partial charge >= 0.3 is 0 Å². The highest BCUT2D eigenvalue weighted by atomic mass is 35.5. The van der Waals surface area contributed by atoms with Crippen molar-refractivity contribution in [1.82, 2.24) is 10.2 Å². The van der Waals surface area contributed by atoms with Crippen molar-refractivity contribution in [3.05, 3.63) is 94.0 Å². The van der Waals surface area contributed by atoms with Crippen LogP contribution in [-0.2, 0) is 26.2 Å². The summed E-state index contributed by atoms with van der Waals surface area (Å²) in [5.74, 6) is -0.673. The number of nitrogens with zero attached hydrogens (tertiary/aromatic N) is 2. The summed E-state index contributed by atoms with van der Waals surface area (Å²) >= 11 is 6.12. The number of nitrogens with one attached hydrogen (secondary N) is 1. The van der Waals surface area contributed by atoms with Crippen molar-refractivity contribution >= 4 is 39.1 Å². The van der Waals surface area contributed by atoms with Gasteiger partial charge in [-0.2, -0.15) is 0 Å². The highest BCUT2D eigenvalue weighted by Gasteiger charge is 2.35. The van der Waals surface area contributed by atoms with E-state index in [4.69, 9.17) is 11.6 Å². The maximum atomic E-state index is 14.3. The van der Waals surface area contributed by atoms with Gasteiger partial charge in [-0.15, -0.1) is 0 Å². The third-order valence-electron chi connectivity index (χ3n) is 8.34. The summed E-state index contributed by atoms with van der Waals surface area (Å²) in [5.41, 5.74) is 3.82. The quantitative estimate of drug-likeness (QED) is 0.257. The van der Waals surface area contributed by atoms with Crippen molar-refractivity contribution in [1.29, 1.82) is 0 Å². The van der Waals surface area contributed by atoms with Gasteiger partial charge in [0.2, 0.25) is 11.8 Å². The van der Waals surface area contributed by atoms with E-state index in [0.29, 0.717) is 17.1 Å². The highest BCUT2D eigenvalue weighted by Crippen LogP contribution is 2.29. The van der Waals surface area contributed by atoms with E-state index in [1.807, 2.05) is 45.9 Å². The highest BCUT2D eigenvalue weighted by molar-refractivity contribution is 7.92. The van der Waals surface area contributed by atoms with Crippen LogP contribution < -0.4 is 9.62 Å². The van der Waals surface area contributed by atoms with Gasteiger partial charge in [-0.3, -0.25) is 13.9 Å². The zero-order valence-corrected chi connectivity index (χ0v) is 27.0. The minimum atomic E-state index is -4.12. The van der Waals surface area contributed by atoms with E-state index in [1.54, 1.807) is 48.5 Å². The van der Waals surface area contributed by atoms with Gasteiger partial charge in [0.1, 0.15) is 12.6 Å². The number of amides is 2. The molecule has 0 aromatic heterocycles.